The summed E-state index contributed by atoms with van der Waals surface area (Å²) in [5, 5.41) is 0. The van der Waals surface area contributed by atoms with Crippen molar-refractivity contribution in [2.75, 3.05) is 34.9 Å². The van der Waals surface area contributed by atoms with E-state index in [4.69, 9.17) is 15.2 Å². The van der Waals surface area contributed by atoms with Gasteiger partial charge in [-0.25, -0.2) is 0 Å². The van der Waals surface area contributed by atoms with E-state index in [0.717, 1.165) is 5.56 Å². The molecule has 0 aliphatic rings. The maximum absolute atomic E-state index is 12.1. The van der Waals surface area contributed by atoms with Crippen LogP contribution in [0.2, 0.25) is 0 Å². The van der Waals surface area contributed by atoms with Gasteiger partial charge in [-0.05, 0) is 6.07 Å². The van der Waals surface area contributed by atoms with Gasteiger partial charge in [0, 0.05) is 32.3 Å². The molecule has 5 heteroatoms. The molecule has 0 spiro atoms. The standard InChI is InChI=1S/C13H20N2O3/c1-15(2)13(16)11(8-14)10-6-5-9(17-3)7-12(10)18-4/h5-7,11H,8,14H2,1-4H3. The summed E-state index contributed by atoms with van der Waals surface area (Å²) >= 11 is 0. The molecule has 0 saturated carbocycles. The third kappa shape index (κ3) is 2.92. The first-order chi connectivity index (χ1) is 8.54. The zero-order valence-electron chi connectivity index (χ0n) is 11.3. The van der Waals surface area contributed by atoms with Crippen LogP contribution in [0.4, 0.5) is 0 Å². The Morgan fingerprint density at radius 2 is 2.00 bits per heavy atom. The monoisotopic (exact) mass is 252 g/mol. The van der Waals surface area contributed by atoms with Crippen molar-refractivity contribution in [1.82, 2.24) is 4.90 Å². The van der Waals surface area contributed by atoms with Crippen LogP contribution in [0, 0.1) is 0 Å². The van der Waals surface area contributed by atoms with Crippen molar-refractivity contribution in [1.29, 1.82) is 0 Å². The smallest absolute Gasteiger partial charge is 0.231 e. The summed E-state index contributed by atoms with van der Waals surface area (Å²) < 4.78 is 10.4. The molecule has 100 valence electrons. The van der Waals surface area contributed by atoms with E-state index < -0.39 is 5.92 Å². The van der Waals surface area contributed by atoms with Gasteiger partial charge in [0.2, 0.25) is 5.91 Å². The predicted octanol–water partition coefficient (Wildman–Crippen LogP) is 0.834. The number of amides is 1. The number of ether oxygens (including phenoxy) is 2. The van der Waals surface area contributed by atoms with Crippen LogP contribution in [0.5, 0.6) is 11.5 Å². The minimum atomic E-state index is -0.402. The number of carbonyl (C=O) groups is 1. The Hall–Kier alpha value is -1.75. The second-order valence-corrected chi connectivity index (χ2v) is 4.13. The summed E-state index contributed by atoms with van der Waals surface area (Å²) in [5.41, 5.74) is 6.48. The normalized spacial score (nSPS) is 11.8. The molecule has 0 aliphatic carbocycles. The van der Waals surface area contributed by atoms with Gasteiger partial charge in [-0.1, -0.05) is 6.07 Å². The van der Waals surface area contributed by atoms with Crippen LogP contribution in [0.25, 0.3) is 0 Å². The lowest BCUT2D eigenvalue weighted by molar-refractivity contribution is -0.130. The van der Waals surface area contributed by atoms with Crippen molar-refractivity contribution >= 4 is 5.91 Å². The Bertz CT molecular complexity index is 419. The Morgan fingerprint density at radius 3 is 2.44 bits per heavy atom. The van der Waals surface area contributed by atoms with E-state index >= 15 is 0 Å². The van der Waals surface area contributed by atoms with Gasteiger partial charge in [0.05, 0.1) is 20.1 Å². The molecule has 1 atom stereocenters. The number of nitrogens with two attached hydrogens (primary N) is 1. The van der Waals surface area contributed by atoms with Gasteiger partial charge in [0.15, 0.2) is 0 Å². The third-order valence-corrected chi connectivity index (χ3v) is 2.79. The van der Waals surface area contributed by atoms with E-state index in [-0.39, 0.29) is 12.5 Å². The van der Waals surface area contributed by atoms with Crippen LogP contribution < -0.4 is 15.2 Å². The first kappa shape index (κ1) is 14.3. The van der Waals surface area contributed by atoms with Crippen molar-refractivity contribution in [2.45, 2.75) is 5.92 Å². The molecule has 0 fully saturated rings. The number of nitrogens with zero attached hydrogens (tertiary/aromatic N) is 1. The highest BCUT2D eigenvalue weighted by atomic mass is 16.5. The van der Waals surface area contributed by atoms with Crippen molar-refractivity contribution < 1.29 is 14.3 Å². The summed E-state index contributed by atoms with van der Waals surface area (Å²) in [7, 11) is 6.56. The zero-order chi connectivity index (χ0) is 13.7. The number of carbonyl (C=O) groups excluding carboxylic acids is 1. The average Bonchev–Trinajstić information content (AvgIpc) is 2.39. The number of hydrogen-bond donors (Lipinski definition) is 1. The molecule has 0 saturated heterocycles. The number of likely N-dealkylation sites (N-methyl/N-ethyl adjacent to an activating group) is 1. The lowest BCUT2D eigenvalue weighted by Gasteiger charge is -2.21. The SMILES string of the molecule is COc1ccc(C(CN)C(=O)N(C)C)c(OC)c1. The van der Waals surface area contributed by atoms with Crippen LogP contribution in [-0.2, 0) is 4.79 Å². The van der Waals surface area contributed by atoms with Gasteiger partial charge in [0.25, 0.3) is 0 Å². The van der Waals surface area contributed by atoms with Crippen molar-refractivity contribution in [3.05, 3.63) is 23.8 Å². The number of benzene rings is 1. The van der Waals surface area contributed by atoms with Crippen molar-refractivity contribution in [3.63, 3.8) is 0 Å². The minimum absolute atomic E-state index is 0.0408. The van der Waals surface area contributed by atoms with Crippen LogP contribution in [-0.4, -0.2) is 45.7 Å². The number of hydrogen-bond acceptors (Lipinski definition) is 4. The molecule has 1 aromatic carbocycles. The summed E-state index contributed by atoms with van der Waals surface area (Å²) in [6.07, 6.45) is 0. The highest BCUT2D eigenvalue weighted by Gasteiger charge is 2.24. The molecular weight excluding hydrogens is 232 g/mol. The second-order valence-electron chi connectivity index (χ2n) is 4.13. The van der Waals surface area contributed by atoms with E-state index in [2.05, 4.69) is 0 Å². The molecule has 2 N–H and O–H groups in total. The van der Waals surface area contributed by atoms with Gasteiger partial charge in [-0.15, -0.1) is 0 Å². The van der Waals surface area contributed by atoms with Gasteiger partial charge < -0.3 is 20.1 Å². The molecule has 0 heterocycles. The molecule has 18 heavy (non-hydrogen) atoms. The molecule has 0 bridgehead atoms. The van der Waals surface area contributed by atoms with Gasteiger partial charge in [-0.2, -0.15) is 0 Å². The summed E-state index contributed by atoms with van der Waals surface area (Å²) in [6.45, 7) is 0.236. The van der Waals surface area contributed by atoms with Gasteiger partial charge in [0.1, 0.15) is 11.5 Å². The van der Waals surface area contributed by atoms with E-state index in [1.165, 1.54) is 4.90 Å². The second kappa shape index (κ2) is 6.26. The first-order valence-corrected chi connectivity index (χ1v) is 5.68. The Labute approximate surface area is 107 Å². The fraction of sp³-hybridized carbons (Fsp3) is 0.462. The maximum Gasteiger partial charge on any atom is 0.231 e. The Kier molecular flexibility index (Phi) is 4.97. The quantitative estimate of drug-likeness (QED) is 0.843. The molecule has 0 aliphatic heterocycles. The van der Waals surface area contributed by atoms with Crippen LogP contribution in [0.1, 0.15) is 11.5 Å². The van der Waals surface area contributed by atoms with Crippen molar-refractivity contribution in [3.8, 4) is 11.5 Å². The number of rotatable bonds is 5. The fourth-order valence-electron chi connectivity index (χ4n) is 1.78. The van der Waals surface area contributed by atoms with Gasteiger partial charge in [-0.3, -0.25) is 4.79 Å². The summed E-state index contributed by atoms with van der Waals surface area (Å²) in [6, 6.07) is 5.36. The van der Waals surface area contributed by atoms with Crippen LogP contribution in [0.3, 0.4) is 0 Å². The minimum Gasteiger partial charge on any atom is -0.497 e. The molecule has 1 amide bonds. The van der Waals surface area contributed by atoms with Crippen LogP contribution in [0.15, 0.2) is 18.2 Å². The lowest BCUT2D eigenvalue weighted by atomic mass is 9.96. The fourth-order valence-corrected chi connectivity index (χ4v) is 1.78. The highest BCUT2D eigenvalue weighted by Crippen LogP contribution is 2.31. The van der Waals surface area contributed by atoms with Crippen molar-refractivity contribution in [2.24, 2.45) is 5.73 Å². The van der Waals surface area contributed by atoms with Crippen LogP contribution >= 0.6 is 0 Å². The molecule has 1 unspecified atom stereocenters. The Morgan fingerprint density at radius 1 is 1.33 bits per heavy atom. The third-order valence-electron chi connectivity index (χ3n) is 2.79. The zero-order valence-corrected chi connectivity index (χ0v) is 11.3. The predicted molar refractivity (Wildman–Crippen MR) is 70.0 cm³/mol. The van der Waals surface area contributed by atoms with E-state index in [1.54, 1.807) is 40.4 Å². The maximum atomic E-state index is 12.1. The summed E-state index contributed by atoms with van der Waals surface area (Å²) in [4.78, 5) is 13.6. The number of methoxy groups -OCH3 is 2. The van der Waals surface area contributed by atoms with E-state index in [1.807, 2.05) is 6.07 Å². The molecular formula is C13H20N2O3. The highest BCUT2D eigenvalue weighted by molar-refractivity contribution is 5.84. The van der Waals surface area contributed by atoms with Gasteiger partial charge >= 0.3 is 0 Å². The first-order valence-electron chi connectivity index (χ1n) is 5.68. The van der Waals surface area contributed by atoms with E-state index in [0.29, 0.717) is 11.5 Å². The topological polar surface area (TPSA) is 64.8 Å². The summed E-state index contributed by atoms with van der Waals surface area (Å²) in [5.74, 6) is 0.852. The molecule has 0 aromatic heterocycles. The molecule has 1 aromatic rings. The molecule has 0 radical (unpaired) electrons. The molecule has 5 nitrogen and oxygen atoms in total. The van der Waals surface area contributed by atoms with E-state index in [9.17, 15) is 4.79 Å². The molecule has 1 rings (SSSR count). The Balaban J connectivity index is 3.16. The lowest BCUT2D eigenvalue weighted by Crippen LogP contribution is -2.32. The average molecular weight is 252 g/mol. The largest absolute Gasteiger partial charge is 0.497 e.